The first-order valence-electron chi connectivity index (χ1n) is 6.72. The normalized spacial score (nSPS) is 17.8. The van der Waals surface area contributed by atoms with E-state index in [-0.39, 0.29) is 12.1 Å². The number of hydrogen-bond donors (Lipinski definition) is 1. The topological polar surface area (TPSA) is 53.4 Å². The summed E-state index contributed by atoms with van der Waals surface area (Å²) in [5.41, 5.74) is -1.84. The molecule has 1 heterocycles. The molecule has 0 saturated heterocycles. The Kier molecular flexibility index (Phi) is 4.22. The van der Waals surface area contributed by atoms with E-state index in [4.69, 9.17) is 0 Å². The largest absolute Gasteiger partial charge is 0.433 e. The predicted octanol–water partition coefficient (Wildman–Crippen LogP) is 2.48. The second-order valence-corrected chi connectivity index (χ2v) is 5.52. The van der Waals surface area contributed by atoms with Gasteiger partial charge in [-0.15, -0.1) is 0 Å². The lowest BCUT2D eigenvalue weighted by Crippen LogP contribution is -2.42. The number of aliphatic hydroxyl groups is 1. The fraction of sp³-hybridized carbons (Fsp3) is 0.571. The molecule has 1 saturated carbocycles. The SMILES string of the molecule is CN(CC1(O)CCCC1)C(=O)c1ccc(C(F)(F)F)nc1. The number of amides is 1. The van der Waals surface area contributed by atoms with Crippen molar-refractivity contribution < 1.29 is 23.1 Å². The number of alkyl halides is 3. The Morgan fingerprint density at radius 2 is 2.00 bits per heavy atom. The lowest BCUT2D eigenvalue weighted by atomic mass is 10.0. The predicted molar refractivity (Wildman–Crippen MR) is 69.6 cm³/mol. The number of rotatable bonds is 3. The van der Waals surface area contributed by atoms with Crippen molar-refractivity contribution >= 4 is 5.91 Å². The second kappa shape index (κ2) is 5.63. The Morgan fingerprint density at radius 1 is 1.38 bits per heavy atom. The van der Waals surface area contributed by atoms with Crippen LogP contribution in [0.5, 0.6) is 0 Å². The molecule has 1 aromatic heterocycles. The van der Waals surface area contributed by atoms with E-state index < -0.39 is 23.4 Å². The minimum atomic E-state index is -4.52. The Bertz CT molecular complexity index is 508. The van der Waals surface area contributed by atoms with Crippen LogP contribution in [0, 0.1) is 0 Å². The summed E-state index contributed by atoms with van der Waals surface area (Å²) >= 11 is 0. The van der Waals surface area contributed by atoms with Crippen LogP contribution in [0.1, 0.15) is 41.7 Å². The van der Waals surface area contributed by atoms with Crippen molar-refractivity contribution in [2.45, 2.75) is 37.5 Å². The summed E-state index contributed by atoms with van der Waals surface area (Å²) in [7, 11) is 1.52. The number of carbonyl (C=O) groups is 1. The van der Waals surface area contributed by atoms with Crippen LogP contribution in [0.15, 0.2) is 18.3 Å². The summed E-state index contributed by atoms with van der Waals surface area (Å²) in [5.74, 6) is -0.448. The average Bonchev–Trinajstić information content (AvgIpc) is 2.83. The minimum absolute atomic E-state index is 0.0760. The molecule has 0 atom stereocenters. The molecule has 0 spiro atoms. The molecular weight excluding hydrogens is 285 g/mol. The first kappa shape index (κ1) is 15.8. The van der Waals surface area contributed by atoms with Gasteiger partial charge in [-0.1, -0.05) is 12.8 Å². The van der Waals surface area contributed by atoms with E-state index >= 15 is 0 Å². The molecule has 1 N–H and O–H groups in total. The molecule has 1 aliphatic rings. The van der Waals surface area contributed by atoms with Crippen molar-refractivity contribution in [2.75, 3.05) is 13.6 Å². The van der Waals surface area contributed by atoms with Crippen LogP contribution in [-0.4, -0.2) is 40.1 Å². The van der Waals surface area contributed by atoms with Crippen LogP contribution in [0.2, 0.25) is 0 Å². The van der Waals surface area contributed by atoms with Crippen LogP contribution in [0.4, 0.5) is 13.2 Å². The maximum absolute atomic E-state index is 12.4. The van der Waals surface area contributed by atoms with Crippen molar-refractivity contribution in [3.8, 4) is 0 Å². The first-order chi connectivity index (χ1) is 9.71. The van der Waals surface area contributed by atoms with E-state index in [9.17, 15) is 23.1 Å². The maximum atomic E-state index is 12.4. The third-order valence-corrected chi connectivity index (χ3v) is 3.71. The summed E-state index contributed by atoms with van der Waals surface area (Å²) in [4.78, 5) is 16.7. The van der Waals surface area contributed by atoms with Gasteiger partial charge in [-0.05, 0) is 25.0 Å². The van der Waals surface area contributed by atoms with E-state index in [1.54, 1.807) is 0 Å². The summed E-state index contributed by atoms with van der Waals surface area (Å²) in [6.07, 6.45) is -0.501. The van der Waals surface area contributed by atoms with Gasteiger partial charge >= 0.3 is 6.18 Å². The van der Waals surface area contributed by atoms with Gasteiger partial charge in [0.05, 0.1) is 11.2 Å². The summed E-state index contributed by atoms with van der Waals surface area (Å²) in [5, 5.41) is 10.2. The van der Waals surface area contributed by atoms with Gasteiger partial charge in [-0.2, -0.15) is 13.2 Å². The Labute approximate surface area is 120 Å². The number of halogens is 3. The fourth-order valence-corrected chi connectivity index (χ4v) is 2.61. The molecule has 1 amide bonds. The van der Waals surface area contributed by atoms with Crippen molar-refractivity contribution in [3.63, 3.8) is 0 Å². The van der Waals surface area contributed by atoms with E-state index in [0.29, 0.717) is 12.8 Å². The van der Waals surface area contributed by atoms with Crippen LogP contribution >= 0.6 is 0 Å². The quantitative estimate of drug-likeness (QED) is 0.933. The van der Waals surface area contributed by atoms with E-state index in [2.05, 4.69) is 4.98 Å². The lowest BCUT2D eigenvalue weighted by molar-refractivity contribution is -0.141. The molecular formula is C14H17F3N2O2. The first-order valence-corrected chi connectivity index (χ1v) is 6.72. The number of pyridine rings is 1. The number of hydrogen-bond acceptors (Lipinski definition) is 3. The van der Waals surface area contributed by atoms with Crippen LogP contribution in [-0.2, 0) is 6.18 Å². The highest BCUT2D eigenvalue weighted by atomic mass is 19.4. The van der Waals surface area contributed by atoms with E-state index in [1.807, 2.05) is 0 Å². The fourth-order valence-electron chi connectivity index (χ4n) is 2.61. The third kappa shape index (κ3) is 3.72. The van der Waals surface area contributed by atoms with Crippen LogP contribution in [0.3, 0.4) is 0 Å². The maximum Gasteiger partial charge on any atom is 0.433 e. The highest BCUT2D eigenvalue weighted by Crippen LogP contribution is 2.30. The molecule has 7 heteroatoms. The molecule has 0 unspecified atom stereocenters. The number of aromatic nitrogens is 1. The van der Waals surface area contributed by atoms with Gasteiger partial charge < -0.3 is 10.0 Å². The molecule has 0 radical (unpaired) electrons. The smallest absolute Gasteiger partial charge is 0.388 e. The third-order valence-electron chi connectivity index (χ3n) is 3.71. The van der Waals surface area contributed by atoms with Crippen LogP contribution in [0.25, 0.3) is 0 Å². The van der Waals surface area contributed by atoms with Crippen molar-refractivity contribution in [2.24, 2.45) is 0 Å². The molecule has 21 heavy (non-hydrogen) atoms. The van der Waals surface area contributed by atoms with Crippen molar-refractivity contribution in [3.05, 3.63) is 29.6 Å². The van der Waals surface area contributed by atoms with E-state index in [0.717, 1.165) is 31.2 Å². The highest BCUT2D eigenvalue weighted by Gasteiger charge is 2.34. The van der Waals surface area contributed by atoms with Gasteiger partial charge in [-0.25, -0.2) is 0 Å². The number of carbonyl (C=O) groups excluding carboxylic acids is 1. The zero-order chi connectivity index (χ0) is 15.7. The Hall–Kier alpha value is -1.63. The van der Waals surface area contributed by atoms with Gasteiger partial charge in [-0.3, -0.25) is 9.78 Å². The van der Waals surface area contributed by atoms with Gasteiger partial charge in [0.2, 0.25) is 0 Å². The Balaban J connectivity index is 2.05. The molecule has 0 bridgehead atoms. The summed E-state index contributed by atoms with van der Waals surface area (Å²) in [6.45, 7) is 0.173. The number of likely N-dealkylation sites (N-methyl/N-ethyl adjacent to an activating group) is 1. The zero-order valence-electron chi connectivity index (χ0n) is 11.7. The van der Waals surface area contributed by atoms with Gasteiger partial charge in [0.1, 0.15) is 5.69 Å². The minimum Gasteiger partial charge on any atom is -0.388 e. The van der Waals surface area contributed by atoms with Crippen LogP contribution < -0.4 is 0 Å². The monoisotopic (exact) mass is 302 g/mol. The van der Waals surface area contributed by atoms with Gasteiger partial charge in [0, 0.05) is 19.8 Å². The van der Waals surface area contributed by atoms with Crippen molar-refractivity contribution in [1.82, 2.24) is 9.88 Å². The molecule has 4 nitrogen and oxygen atoms in total. The molecule has 116 valence electrons. The average molecular weight is 302 g/mol. The summed E-state index contributed by atoms with van der Waals surface area (Å²) in [6, 6.07) is 1.89. The van der Waals surface area contributed by atoms with E-state index in [1.165, 1.54) is 11.9 Å². The standard InChI is InChI=1S/C14H17F3N2O2/c1-19(9-13(21)6-2-3-7-13)12(20)10-4-5-11(18-8-10)14(15,16)17/h4-5,8,21H,2-3,6-7,9H2,1H3. The molecule has 0 aromatic carbocycles. The van der Waals surface area contributed by atoms with Gasteiger partial charge in [0.15, 0.2) is 0 Å². The van der Waals surface area contributed by atoms with Gasteiger partial charge in [0.25, 0.3) is 5.91 Å². The van der Waals surface area contributed by atoms with Crippen molar-refractivity contribution in [1.29, 1.82) is 0 Å². The molecule has 0 aliphatic heterocycles. The number of nitrogens with zero attached hydrogens (tertiary/aromatic N) is 2. The Morgan fingerprint density at radius 3 is 2.48 bits per heavy atom. The molecule has 2 rings (SSSR count). The lowest BCUT2D eigenvalue weighted by Gasteiger charge is -2.28. The summed E-state index contributed by atoms with van der Waals surface area (Å²) < 4.78 is 37.2. The molecule has 1 fully saturated rings. The highest BCUT2D eigenvalue weighted by molar-refractivity contribution is 5.93. The molecule has 1 aromatic rings. The molecule has 1 aliphatic carbocycles. The zero-order valence-corrected chi connectivity index (χ0v) is 11.7. The second-order valence-electron chi connectivity index (χ2n) is 5.52.